The summed E-state index contributed by atoms with van der Waals surface area (Å²) in [5.41, 5.74) is 0. The molecular weight excluding hydrogens is 280 g/mol. The lowest BCUT2D eigenvalue weighted by atomic mass is 10.1. The maximum absolute atomic E-state index is 9.62. The third-order valence-corrected chi connectivity index (χ3v) is 4.45. The molecule has 0 aromatic rings. The van der Waals surface area contributed by atoms with Crippen LogP contribution in [-0.4, -0.2) is 48.3 Å². The summed E-state index contributed by atoms with van der Waals surface area (Å²) < 4.78 is 10.9. The first-order valence-electron chi connectivity index (χ1n) is 9.31. The molecule has 1 saturated heterocycles. The zero-order valence-electron chi connectivity index (χ0n) is 14.3. The van der Waals surface area contributed by atoms with E-state index < -0.39 is 12.2 Å². The van der Waals surface area contributed by atoms with E-state index in [0.29, 0.717) is 13.0 Å². The highest BCUT2D eigenvalue weighted by molar-refractivity contribution is 4.82. The molecule has 132 valence electrons. The lowest BCUT2D eigenvalue weighted by Gasteiger charge is -2.14. The van der Waals surface area contributed by atoms with E-state index in [1.807, 2.05) is 0 Å². The van der Waals surface area contributed by atoms with Crippen molar-refractivity contribution in [2.45, 2.75) is 95.9 Å². The molecule has 1 aliphatic rings. The van der Waals surface area contributed by atoms with Gasteiger partial charge >= 0.3 is 0 Å². The molecule has 0 radical (unpaired) electrons. The van der Waals surface area contributed by atoms with Gasteiger partial charge < -0.3 is 19.7 Å². The third kappa shape index (κ3) is 9.09. The Bertz CT molecular complexity index is 247. The van der Waals surface area contributed by atoms with Crippen LogP contribution >= 0.6 is 0 Å². The van der Waals surface area contributed by atoms with Gasteiger partial charge in [-0.3, -0.25) is 0 Å². The van der Waals surface area contributed by atoms with E-state index in [9.17, 15) is 10.2 Å². The number of aliphatic hydroxyl groups excluding tert-OH is 2. The summed E-state index contributed by atoms with van der Waals surface area (Å²) in [6.45, 7) is 3.90. The first kappa shape index (κ1) is 19.9. The highest BCUT2D eigenvalue weighted by atomic mass is 16.5. The van der Waals surface area contributed by atoms with E-state index in [-0.39, 0.29) is 12.7 Å². The van der Waals surface area contributed by atoms with E-state index in [1.54, 1.807) is 0 Å². The average Bonchev–Trinajstić information content (AvgIpc) is 2.84. The minimum absolute atomic E-state index is 0.240. The second-order valence-electron chi connectivity index (χ2n) is 6.51. The Morgan fingerprint density at radius 3 is 2.00 bits per heavy atom. The number of rotatable bonds is 14. The summed E-state index contributed by atoms with van der Waals surface area (Å²) >= 11 is 0. The Hall–Kier alpha value is -0.160. The molecule has 1 rings (SSSR count). The standard InChI is InChI=1S/C18H36O4/c1-2-3-4-5-6-7-8-9-10-11-13-21-14-12-17-18(20)16(19)15-22-17/h16-20H,2-15H2,1H3/t16-,17+,18+/m0/s1. The number of hydrogen-bond acceptors (Lipinski definition) is 4. The van der Waals surface area contributed by atoms with Crippen LogP contribution in [0.25, 0.3) is 0 Å². The van der Waals surface area contributed by atoms with Crippen LogP contribution in [0.5, 0.6) is 0 Å². The maximum Gasteiger partial charge on any atom is 0.108 e. The number of hydrogen-bond donors (Lipinski definition) is 2. The topological polar surface area (TPSA) is 58.9 Å². The summed E-state index contributed by atoms with van der Waals surface area (Å²) in [5, 5.41) is 19.0. The molecule has 1 heterocycles. The SMILES string of the molecule is CCCCCCCCCCCCOCC[C@H]1OC[C@H](O)[C@H]1O. The van der Waals surface area contributed by atoms with Crippen molar-refractivity contribution in [3.63, 3.8) is 0 Å². The quantitative estimate of drug-likeness (QED) is 0.482. The van der Waals surface area contributed by atoms with Crippen molar-refractivity contribution in [1.82, 2.24) is 0 Å². The van der Waals surface area contributed by atoms with Crippen molar-refractivity contribution in [2.24, 2.45) is 0 Å². The van der Waals surface area contributed by atoms with Gasteiger partial charge in [0, 0.05) is 13.2 Å². The van der Waals surface area contributed by atoms with E-state index in [0.717, 1.165) is 13.0 Å². The summed E-state index contributed by atoms with van der Waals surface area (Å²) in [5.74, 6) is 0. The number of aliphatic hydroxyl groups is 2. The first-order valence-corrected chi connectivity index (χ1v) is 9.31. The molecule has 0 aliphatic carbocycles. The minimum atomic E-state index is -0.749. The molecule has 2 N–H and O–H groups in total. The van der Waals surface area contributed by atoms with Crippen molar-refractivity contribution < 1.29 is 19.7 Å². The van der Waals surface area contributed by atoms with E-state index >= 15 is 0 Å². The van der Waals surface area contributed by atoms with Crippen LogP contribution < -0.4 is 0 Å². The molecule has 0 amide bonds. The van der Waals surface area contributed by atoms with Gasteiger partial charge in [0.05, 0.1) is 12.7 Å². The molecule has 1 fully saturated rings. The Balaban J connectivity index is 1.75. The second kappa shape index (κ2) is 13.3. The molecule has 0 saturated carbocycles. The number of ether oxygens (including phenoxy) is 2. The largest absolute Gasteiger partial charge is 0.388 e. The van der Waals surface area contributed by atoms with Crippen LogP contribution in [0.15, 0.2) is 0 Å². The molecule has 22 heavy (non-hydrogen) atoms. The van der Waals surface area contributed by atoms with Crippen molar-refractivity contribution in [3.8, 4) is 0 Å². The Labute approximate surface area is 136 Å². The lowest BCUT2D eigenvalue weighted by molar-refractivity contribution is 0.00194. The lowest BCUT2D eigenvalue weighted by Crippen LogP contribution is -2.30. The van der Waals surface area contributed by atoms with Crippen molar-refractivity contribution in [1.29, 1.82) is 0 Å². The fraction of sp³-hybridized carbons (Fsp3) is 1.00. The molecule has 3 atom stereocenters. The summed E-state index contributed by atoms with van der Waals surface area (Å²) in [6, 6.07) is 0. The fourth-order valence-corrected chi connectivity index (χ4v) is 2.91. The van der Waals surface area contributed by atoms with Gasteiger partial charge in [-0.15, -0.1) is 0 Å². The van der Waals surface area contributed by atoms with Crippen LogP contribution in [0.2, 0.25) is 0 Å². The van der Waals surface area contributed by atoms with Gasteiger partial charge in [-0.2, -0.15) is 0 Å². The smallest absolute Gasteiger partial charge is 0.108 e. The Kier molecular flexibility index (Phi) is 12.0. The zero-order valence-corrected chi connectivity index (χ0v) is 14.3. The van der Waals surface area contributed by atoms with Crippen LogP contribution in [-0.2, 0) is 9.47 Å². The molecule has 4 nitrogen and oxygen atoms in total. The molecule has 4 heteroatoms. The molecule has 1 aliphatic heterocycles. The van der Waals surface area contributed by atoms with Crippen molar-refractivity contribution in [3.05, 3.63) is 0 Å². The first-order chi connectivity index (χ1) is 10.8. The molecule has 0 aromatic carbocycles. The highest BCUT2D eigenvalue weighted by Crippen LogP contribution is 2.17. The van der Waals surface area contributed by atoms with E-state index in [1.165, 1.54) is 57.8 Å². The molecule has 0 aromatic heterocycles. The molecule has 0 bridgehead atoms. The van der Waals surface area contributed by atoms with Crippen LogP contribution in [0.4, 0.5) is 0 Å². The van der Waals surface area contributed by atoms with E-state index in [4.69, 9.17) is 9.47 Å². The van der Waals surface area contributed by atoms with Crippen LogP contribution in [0, 0.1) is 0 Å². The summed E-state index contributed by atoms with van der Waals surface area (Å²) in [4.78, 5) is 0. The number of unbranched alkanes of at least 4 members (excludes halogenated alkanes) is 9. The summed E-state index contributed by atoms with van der Waals surface area (Å²) in [6.07, 6.45) is 12.2. The molecular formula is C18H36O4. The third-order valence-electron chi connectivity index (χ3n) is 4.45. The van der Waals surface area contributed by atoms with Gasteiger partial charge in [0.1, 0.15) is 12.2 Å². The molecule has 0 unspecified atom stereocenters. The van der Waals surface area contributed by atoms with Crippen molar-refractivity contribution >= 4 is 0 Å². The molecule has 0 spiro atoms. The fourth-order valence-electron chi connectivity index (χ4n) is 2.91. The van der Waals surface area contributed by atoms with Gasteiger partial charge in [0.25, 0.3) is 0 Å². The predicted octanol–water partition coefficient (Wildman–Crippen LogP) is 3.43. The minimum Gasteiger partial charge on any atom is -0.388 e. The normalized spacial score (nSPS) is 25.0. The van der Waals surface area contributed by atoms with Crippen LogP contribution in [0.3, 0.4) is 0 Å². The van der Waals surface area contributed by atoms with Crippen molar-refractivity contribution in [2.75, 3.05) is 19.8 Å². The Morgan fingerprint density at radius 2 is 1.45 bits per heavy atom. The second-order valence-corrected chi connectivity index (χ2v) is 6.51. The van der Waals surface area contributed by atoms with Gasteiger partial charge in [-0.1, -0.05) is 64.7 Å². The maximum atomic E-state index is 9.62. The van der Waals surface area contributed by atoms with E-state index in [2.05, 4.69) is 6.92 Å². The van der Waals surface area contributed by atoms with Crippen LogP contribution in [0.1, 0.15) is 77.6 Å². The van der Waals surface area contributed by atoms with Gasteiger partial charge in [0.2, 0.25) is 0 Å². The monoisotopic (exact) mass is 316 g/mol. The highest BCUT2D eigenvalue weighted by Gasteiger charge is 2.33. The average molecular weight is 316 g/mol. The van der Waals surface area contributed by atoms with Gasteiger partial charge in [-0.25, -0.2) is 0 Å². The van der Waals surface area contributed by atoms with Gasteiger partial charge in [-0.05, 0) is 12.8 Å². The Morgan fingerprint density at radius 1 is 0.864 bits per heavy atom. The van der Waals surface area contributed by atoms with Gasteiger partial charge in [0.15, 0.2) is 0 Å². The predicted molar refractivity (Wildman–Crippen MR) is 89.0 cm³/mol. The summed E-state index contributed by atoms with van der Waals surface area (Å²) in [7, 11) is 0. The zero-order chi connectivity index (χ0) is 16.0.